The summed E-state index contributed by atoms with van der Waals surface area (Å²) in [5, 5.41) is 11.3. The normalized spacial score (nSPS) is 12.9. The van der Waals surface area contributed by atoms with E-state index in [-0.39, 0.29) is 11.3 Å². The second kappa shape index (κ2) is 5.79. The summed E-state index contributed by atoms with van der Waals surface area (Å²) >= 11 is 0. The number of aromatic nitrogens is 3. The molecular weight excluding hydrogens is 252 g/mol. The zero-order chi connectivity index (χ0) is 13.8. The predicted molar refractivity (Wildman–Crippen MR) is 70.9 cm³/mol. The fourth-order valence-corrected chi connectivity index (χ4v) is 2.03. The number of nitrogens with one attached hydrogen (secondary N) is 1. The van der Waals surface area contributed by atoms with Crippen LogP contribution < -0.4 is 5.32 Å². The average Bonchev–Trinajstić information content (AvgIpc) is 2.60. The van der Waals surface area contributed by atoms with Crippen LogP contribution in [-0.2, 0) is 22.9 Å². The second-order valence-corrected chi connectivity index (χ2v) is 7.82. The van der Waals surface area contributed by atoms with E-state index in [1.54, 1.807) is 4.68 Å². The molecule has 0 aromatic carbocycles. The van der Waals surface area contributed by atoms with Crippen LogP contribution in [0.3, 0.4) is 0 Å². The van der Waals surface area contributed by atoms with Crippen molar-refractivity contribution in [3.8, 4) is 0 Å². The summed E-state index contributed by atoms with van der Waals surface area (Å²) in [6.45, 7) is 7.50. The molecule has 0 saturated carbocycles. The van der Waals surface area contributed by atoms with Gasteiger partial charge in [0.2, 0.25) is 0 Å². The Morgan fingerprint density at radius 2 is 2.06 bits per heavy atom. The highest BCUT2D eigenvalue weighted by Gasteiger charge is 2.10. The summed E-state index contributed by atoms with van der Waals surface area (Å²) in [4.78, 5) is 0. The van der Waals surface area contributed by atoms with Crippen LogP contribution in [0.1, 0.15) is 32.9 Å². The molecule has 1 N–H and O–H groups in total. The van der Waals surface area contributed by atoms with Crippen molar-refractivity contribution in [3.63, 3.8) is 0 Å². The third kappa shape index (κ3) is 6.70. The van der Waals surface area contributed by atoms with Crippen molar-refractivity contribution in [1.29, 1.82) is 0 Å². The first-order chi connectivity index (χ1) is 8.16. The molecule has 0 aliphatic carbocycles. The van der Waals surface area contributed by atoms with E-state index >= 15 is 0 Å². The van der Waals surface area contributed by atoms with Crippen LogP contribution in [0.15, 0.2) is 6.20 Å². The third-order valence-electron chi connectivity index (χ3n) is 2.29. The van der Waals surface area contributed by atoms with Crippen LogP contribution in [0.25, 0.3) is 0 Å². The van der Waals surface area contributed by atoms with Gasteiger partial charge in [0.05, 0.1) is 11.4 Å². The van der Waals surface area contributed by atoms with Gasteiger partial charge in [-0.3, -0.25) is 4.68 Å². The molecule has 1 rings (SSSR count). The standard InChI is InChI=1S/C11H22N4O2S/c1-11(2,3)12-8-10-9-15(14-13-10)6-5-7-18(4,16)17/h9,12H,5-8H2,1-4H3. The maximum Gasteiger partial charge on any atom is 0.147 e. The molecule has 0 aliphatic rings. The number of rotatable bonds is 6. The maximum atomic E-state index is 11.0. The molecule has 0 bridgehead atoms. The quantitative estimate of drug-likeness (QED) is 0.822. The monoisotopic (exact) mass is 274 g/mol. The molecule has 0 radical (unpaired) electrons. The van der Waals surface area contributed by atoms with Crippen LogP contribution >= 0.6 is 0 Å². The Kier molecular flexibility index (Phi) is 4.86. The molecule has 0 aliphatic heterocycles. The Morgan fingerprint density at radius 1 is 1.39 bits per heavy atom. The number of hydrogen-bond donors (Lipinski definition) is 1. The molecule has 1 aromatic heterocycles. The number of aryl methyl sites for hydroxylation is 1. The molecule has 18 heavy (non-hydrogen) atoms. The fraction of sp³-hybridized carbons (Fsp3) is 0.818. The molecule has 0 unspecified atom stereocenters. The molecule has 1 aromatic rings. The van der Waals surface area contributed by atoms with Gasteiger partial charge >= 0.3 is 0 Å². The van der Waals surface area contributed by atoms with Gasteiger partial charge in [0, 0.05) is 31.1 Å². The van der Waals surface area contributed by atoms with E-state index in [1.165, 1.54) is 6.26 Å². The van der Waals surface area contributed by atoms with Crippen molar-refractivity contribution in [2.75, 3.05) is 12.0 Å². The Labute approximate surface area is 109 Å². The van der Waals surface area contributed by atoms with Crippen molar-refractivity contribution in [3.05, 3.63) is 11.9 Å². The smallest absolute Gasteiger partial charge is 0.147 e. The Bertz CT molecular complexity index is 473. The van der Waals surface area contributed by atoms with Gasteiger partial charge < -0.3 is 5.32 Å². The summed E-state index contributed by atoms with van der Waals surface area (Å²) in [6, 6.07) is 0. The fourth-order valence-electron chi connectivity index (χ4n) is 1.37. The highest BCUT2D eigenvalue weighted by Crippen LogP contribution is 2.02. The Hall–Kier alpha value is -0.950. The SMILES string of the molecule is CC(C)(C)NCc1cn(CCCS(C)(=O)=O)nn1. The highest BCUT2D eigenvalue weighted by atomic mass is 32.2. The zero-order valence-corrected chi connectivity index (χ0v) is 12.3. The molecule has 6 nitrogen and oxygen atoms in total. The van der Waals surface area contributed by atoms with E-state index in [0.717, 1.165) is 5.69 Å². The third-order valence-corrected chi connectivity index (χ3v) is 3.32. The lowest BCUT2D eigenvalue weighted by Gasteiger charge is -2.19. The van der Waals surface area contributed by atoms with E-state index < -0.39 is 9.84 Å². The van der Waals surface area contributed by atoms with Crippen LogP contribution in [-0.4, -0.2) is 41.0 Å². The van der Waals surface area contributed by atoms with Crippen molar-refractivity contribution >= 4 is 9.84 Å². The molecule has 1 heterocycles. The van der Waals surface area contributed by atoms with Crippen LogP contribution in [0.5, 0.6) is 0 Å². The van der Waals surface area contributed by atoms with Crippen molar-refractivity contribution < 1.29 is 8.42 Å². The van der Waals surface area contributed by atoms with Gasteiger partial charge in [-0.05, 0) is 27.2 Å². The first-order valence-electron chi connectivity index (χ1n) is 5.97. The zero-order valence-electron chi connectivity index (χ0n) is 11.5. The lowest BCUT2D eigenvalue weighted by molar-refractivity contribution is 0.421. The second-order valence-electron chi connectivity index (χ2n) is 5.56. The Balaban J connectivity index is 2.39. The van der Waals surface area contributed by atoms with E-state index in [1.807, 2.05) is 6.20 Å². The summed E-state index contributed by atoms with van der Waals surface area (Å²) < 4.78 is 23.7. The highest BCUT2D eigenvalue weighted by molar-refractivity contribution is 7.90. The first-order valence-corrected chi connectivity index (χ1v) is 8.03. The van der Waals surface area contributed by atoms with E-state index in [9.17, 15) is 8.42 Å². The van der Waals surface area contributed by atoms with Gasteiger partial charge in [-0.15, -0.1) is 5.10 Å². The number of nitrogens with zero attached hydrogens (tertiary/aromatic N) is 3. The van der Waals surface area contributed by atoms with Crippen molar-refractivity contribution in [2.45, 2.75) is 45.8 Å². The lowest BCUT2D eigenvalue weighted by Crippen LogP contribution is -2.35. The predicted octanol–water partition coefficient (Wildman–Crippen LogP) is 0.601. The first kappa shape index (κ1) is 15.1. The number of hydrogen-bond acceptors (Lipinski definition) is 5. The van der Waals surface area contributed by atoms with E-state index in [2.05, 4.69) is 36.4 Å². The molecule has 0 spiro atoms. The van der Waals surface area contributed by atoms with Crippen LogP contribution in [0.4, 0.5) is 0 Å². The van der Waals surface area contributed by atoms with Crippen molar-refractivity contribution in [2.24, 2.45) is 0 Å². The van der Waals surface area contributed by atoms with E-state index in [4.69, 9.17) is 0 Å². The van der Waals surface area contributed by atoms with Gasteiger partial charge in [0.15, 0.2) is 0 Å². The molecule has 0 atom stereocenters. The van der Waals surface area contributed by atoms with Gasteiger partial charge in [0.1, 0.15) is 9.84 Å². The number of sulfone groups is 1. The molecule has 7 heteroatoms. The minimum atomic E-state index is -2.89. The minimum absolute atomic E-state index is 0.0417. The lowest BCUT2D eigenvalue weighted by atomic mass is 10.1. The molecule has 0 fully saturated rings. The molecule has 0 amide bonds. The summed E-state index contributed by atoms with van der Waals surface area (Å²) in [6.07, 6.45) is 3.66. The summed E-state index contributed by atoms with van der Waals surface area (Å²) in [7, 11) is -2.89. The largest absolute Gasteiger partial charge is 0.306 e. The van der Waals surface area contributed by atoms with E-state index in [0.29, 0.717) is 19.5 Å². The van der Waals surface area contributed by atoms with Gasteiger partial charge in [0.25, 0.3) is 0 Å². The maximum absolute atomic E-state index is 11.0. The van der Waals surface area contributed by atoms with Gasteiger partial charge in [-0.1, -0.05) is 5.21 Å². The molecular formula is C11H22N4O2S. The molecule has 0 saturated heterocycles. The van der Waals surface area contributed by atoms with Crippen LogP contribution in [0.2, 0.25) is 0 Å². The van der Waals surface area contributed by atoms with Gasteiger partial charge in [-0.25, -0.2) is 8.42 Å². The van der Waals surface area contributed by atoms with Crippen molar-refractivity contribution in [1.82, 2.24) is 20.3 Å². The summed E-state index contributed by atoms with van der Waals surface area (Å²) in [5.74, 6) is 0.183. The average molecular weight is 274 g/mol. The Morgan fingerprint density at radius 3 is 2.61 bits per heavy atom. The topological polar surface area (TPSA) is 76.9 Å². The van der Waals surface area contributed by atoms with Gasteiger partial charge in [-0.2, -0.15) is 0 Å². The van der Waals surface area contributed by atoms with Crippen LogP contribution in [0, 0.1) is 0 Å². The minimum Gasteiger partial charge on any atom is -0.306 e. The summed E-state index contributed by atoms with van der Waals surface area (Å²) in [5.41, 5.74) is 0.907. The molecule has 104 valence electrons.